The van der Waals surface area contributed by atoms with Crippen LogP contribution in [0.25, 0.3) is 0 Å². The van der Waals surface area contributed by atoms with Crippen LogP contribution in [0.4, 0.5) is 0 Å². The van der Waals surface area contributed by atoms with Gasteiger partial charge < -0.3 is 4.74 Å². The number of hydrogen-bond donors (Lipinski definition) is 0. The van der Waals surface area contributed by atoms with Gasteiger partial charge in [0, 0.05) is 13.2 Å². The molecule has 0 N–H and O–H groups in total. The molecule has 0 bridgehead atoms. The SMILES string of the molecule is CC1(OC(=O)c2ccc([S+](c3ccccc3)c3ccc(I)c(I)c3)cc2)CCCCC1. The summed E-state index contributed by atoms with van der Waals surface area (Å²) in [7, 11) is -0.229. The third-order valence-electron chi connectivity index (χ3n) is 5.68. The quantitative estimate of drug-likeness (QED) is 0.159. The molecular formula is C26H25I2O2S+. The first kappa shape index (κ1) is 23.1. The summed E-state index contributed by atoms with van der Waals surface area (Å²) >= 11 is 4.77. The molecule has 0 radical (unpaired) electrons. The van der Waals surface area contributed by atoms with Crippen LogP contribution in [-0.4, -0.2) is 11.6 Å². The number of halogens is 2. The highest BCUT2D eigenvalue weighted by atomic mass is 127. The van der Waals surface area contributed by atoms with Crippen molar-refractivity contribution in [2.75, 3.05) is 0 Å². The van der Waals surface area contributed by atoms with E-state index in [9.17, 15) is 4.79 Å². The van der Waals surface area contributed by atoms with E-state index in [0.717, 1.165) is 25.7 Å². The Hall–Kier alpha value is -1.06. The molecule has 1 atom stereocenters. The molecule has 0 saturated heterocycles. The first-order chi connectivity index (χ1) is 15.0. The van der Waals surface area contributed by atoms with Gasteiger partial charge in [0.05, 0.1) is 16.5 Å². The van der Waals surface area contributed by atoms with Gasteiger partial charge in [-0.1, -0.05) is 24.6 Å². The lowest BCUT2D eigenvalue weighted by molar-refractivity contribution is -0.0269. The fraction of sp³-hybridized carbons (Fsp3) is 0.269. The minimum atomic E-state index is -0.319. The molecule has 1 aliphatic carbocycles. The third-order valence-corrected chi connectivity index (χ3v) is 10.8. The second kappa shape index (κ2) is 10.3. The Morgan fingerprint density at radius 2 is 1.42 bits per heavy atom. The first-order valence-electron chi connectivity index (χ1n) is 10.5. The van der Waals surface area contributed by atoms with E-state index >= 15 is 0 Å². The number of esters is 1. The summed E-state index contributed by atoms with van der Waals surface area (Å²) in [6.45, 7) is 2.07. The molecule has 31 heavy (non-hydrogen) atoms. The molecule has 160 valence electrons. The van der Waals surface area contributed by atoms with Gasteiger partial charge in [-0.05, 0) is 126 Å². The monoisotopic (exact) mass is 655 g/mol. The number of benzene rings is 3. The summed E-state index contributed by atoms with van der Waals surface area (Å²) in [6, 6.07) is 25.3. The summed E-state index contributed by atoms with van der Waals surface area (Å²) in [5.74, 6) is -0.209. The molecule has 0 spiro atoms. The van der Waals surface area contributed by atoms with E-state index in [0.29, 0.717) is 5.56 Å². The molecule has 1 aliphatic rings. The Morgan fingerprint density at radius 1 is 0.806 bits per heavy atom. The molecule has 1 unspecified atom stereocenters. The normalized spacial score (nSPS) is 16.5. The summed E-state index contributed by atoms with van der Waals surface area (Å²) in [4.78, 5) is 16.5. The molecule has 5 heteroatoms. The molecule has 0 amide bonds. The largest absolute Gasteiger partial charge is 0.456 e. The van der Waals surface area contributed by atoms with Crippen LogP contribution < -0.4 is 0 Å². The molecular weight excluding hydrogens is 630 g/mol. The van der Waals surface area contributed by atoms with Crippen LogP contribution in [0.15, 0.2) is 87.5 Å². The predicted octanol–water partition coefficient (Wildman–Crippen LogP) is 7.87. The van der Waals surface area contributed by atoms with Crippen LogP contribution in [0.3, 0.4) is 0 Å². The number of ether oxygens (including phenoxy) is 1. The van der Waals surface area contributed by atoms with Gasteiger partial charge in [0.2, 0.25) is 0 Å². The van der Waals surface area contributed by atoms with Crippen molar-refractivity contribution in [3.8, 4) is 0 Å². The molecule has 4 rings (SSSR count). The van der Waals surface area contributed by atoms with Crippen LogP contribution >= 0.6 is 45.2 Å². The summed E-state index contributed by atoms with van der Waals surface area (Å²) in [5.41, 5.74) is 0.310. The lowest BCUT2D eigenvalue weighted by atomic mass is 9.86. The van der Waals surface area contributed by atoms with E-state index in [4.69, 9.17) is 4.74 Å². The summed E-state index contributed by atoms with van der Waals surface area (Å²) in [6.07, 6.45) is 5.43. The number of rotatable bonds is 5. The Labute approximate surface area is 214 Å². The first-order valence-corrected chi connectivity index (χ1v) is 13.9. The van der Waals surface area contributed by atoms with E-state index in [1.807, 2.05) is 18.2 Å². The molecule has 3 aromatic carbocycles. The van der Waals surface area contributed by atoms with Crippen LogP contribution in [-0.2, 0) is 15.6 Å². The van der Waals surface area contributed by atoms with E-state index in [1.165, 1.54) is 28.2 Å². The van der Waals surface area contributed by atoms with Gasteiger partial charge in [-0.15, -0.1) is 0 Å². The van der Waals surface area contributed by atoms with Gasteiger partial charge in [0.1, 0.15) is 5.60 Å². The van der Waals surface area contributed by atoms with Crippen LogP contribution in [0.5, 0.6) is 0 Å². The molecule has 0 aromatic heterocycles. The second-order valence-electron chi connectivity index (χ2n) is 8.12. The highest BCUT2D eigenvalue weighted by Gasteiger charge is 2.32. The average molecular weight is 655 g/mol. The van der Waals surface area contributed by atoms with Crippen LogP contribution in [0.2, 0.25) is 0 Å². The van der Waals surface area contributed by atoms with E-state index < -0.39 is 0 Å². The highest BCUT2D eigenvalue weighted by molar-refractivity contribution is 14.1. The van der Waals surface area contributed by atoms with E-state index in [1.54, 1.807) is 0 Å². The summed E-state index contributed by atoms with van der Waals surface area (Å²) < 4.78 is 8.44. The zero-order valence-electron chi connectivity index (χ0n) is 17.4. The fourth-order valence-corrected chi connectivity index (χ4v) is 7.14. The van der Waals surface area contributed by atoms with Crippen molar-refractivity contribution < 1.29 is 9.53 Å². The summed E-state index contributed by atoms with van der Waals surface area (Å²) in [5, 5.41) is 0. The average Bonchev–Trinajstić information content (AvgIpc) is 2.78. The maximum atomic E-state index is 12.8. The van der Waals surface area contributed by atoms with Crippen molar-refractivity contribution in [3.63, 3.8) is 0 Å². The Bertz CT molecular complexity index is 1040. The number of carbonyl (C=O) groups is 1. The van der Waals surface area contributed by atoms with Gasteiger partial charge >= 0.3 is 5.97 Å². The van der Waals surface area contributed by atoms with Crippen molar-refractivity contribution in [1.82, 2.24) is 0 Å². The molecule has 2 nitrogen and oxygen atoms in total. The van der Waals surface area contributed by atoms with Crippen molar-refractivity contribution in [2.45, 2.75) is 59.3 Å². The zero-order valence-corrected chi connectivity index (χ0v) is 22.6. The van der Waals surface area contributed by atoms with Gasteiger partial charge in [-0.2, -0.15) is 0 Å². The molecule has 1 saturated carbocycles. The minimum Gasteiger partial charge on any atom is -0.456 e. The van der Waals surface area contributed by atoms with Gasteiger partial charge in [0.25, 0.3) is 0 Å². The Balaban J connectivity index is 1.62. The molecule has 0 heterocycles. The molecule has 0 aliphatic heterocycles. The number of carbonyl (C=O) groups excluding carboxylic acids is 1. The van der Waals surface area contributed by atoms with Gasteiger partial charge in [0.15, 0.2) is 14.7 Å². The Kier molecular flexibility index (Phi) is 7.64. The maximum Gasteiger partial charge on any atom is 0.338 e. The van der Waals surface area contributed by atoms with Gasteiger partial charge in [-0.25, -0.2) is 4.79 Å². The zero-order chi connectivity index (χ0) is 21.8. The minimum absolute atomic E-state index is 0.209. The van der Waals surface area contributed by atoms with Crippen molar-refractivity contribution in [1.29, 1.82) is 0 Å². The highest BCUT2D eigenvalue weighted by Crippen LogP contribution is 2.34. The third kappa shape index (κ3) is 5.66. The Morgan fingerprint density at radius 3 is 2.06 bits per heavy atom. The standard InChI is InChI=1S/C26H25I2O2S/c1-26(16-6-3-7-17-26)30-25(29)19-10-12-21(13-11-19)31(20-8-4-2-5-9-20)22-14-15-23(27)24(28)18-22/h2,4-5,8-15,18H,3,6-7,16-17H2,1H3/q+1. The van der Waals surface area contributed by atoms with Crippen molar-refractivity contribution >= 4 is 62.0 Å². The molecule has 1 fully saturated rings. The lowest BCUT2D eigenvalue weighted by Crippen LogP contribution is -2.33. The van der Waals surface area contributed by atoms with Gasteiger partial charge in [-0.3, -0.25) is 0 Å². The predicted molar refractivity (Wildman–Crippen MR) is 144 cm³/mol. The number of hydrogen-bond acceptors (Lipinski definition) is 2. The van der Waals surface area contributed by atoms with Crippen molar-refractivity contribution in [3.05, 3.63) is 85.5 Å². The second-order valence-corrected chi connectivity index (χ2v) is 12.5. The van der Waals surface area contributed by atoms with Crippen molar-refractivity contribution in [2.24, 2.45) is 0 Å². The smallest absolute Gasteiger partial charge is 0.338 e. The molecule has 3 aromatic rings. The topological polar surface area (TPSA) is 26.3 Å². The van der Waals surface area contributed by atoms with Crippen LogP contribution in [0, 0.1) is 7.14 Å². The lowest BCUT2D eigenvalue weighted by Gasteiger charge is -2.33. The fourth-order valence-electron chi connectivity index (χ4n) is 3.98. The maximum absolute atomic E-state index is 12.8. The van der Waals surface area contributed by atoms with E-state index in [-0.39, 0.29) is 22.5 Å². The van der Waals surface area contributed by atoms with Crippen LogP contribution in [0.1, 0.15) is 49.4 Å². The van der Waals surface area contributed by atoms with E-state index in [2.05, 4.69) is 107 Å².